The molecular formula is C19H19ClN2O5S. The van der Waals surface area contributed by atoms with E-state index in [9.17, 15) is 18.0 Å². The molecular weight excluding hydrogens is 404 g/mol. The molecule has 9 heteroatoms. The lowest BCUT2D eigenvalue weighted by Gasteiger charge is -2.18. The minimum absolute atomic E-state index is 0.126. The second-order valence-corrected chi connectivity index (χ2v) is 9.31. The summed E-state index contributed by atoms with van der Waals surface area (Å²) in [5, 5.41) is 3.10. The molecule has 2 aromatic rings. The van der Waals surface area contributed by atoms with E-state index < -0.39 is 27.3 Å². The first-order valence-corrected chi connectivity index (χ1v) is 10.4. The van der Waals surface area contributed by atoms with Crippen molar-refractivity contribution in [2.24, 2.45) is 5.41 Å². The second kappa shape index (κ2) is 7.10. The third-order valence-corrected chi connectivity index (χ3v) is 6.59. The van der Waals surface area contributed by atoms with Crippen molar-refractivity contribution in [3.05, 3.63) is 53.1 Å². The van der Waals surface area contributed by atoms with Crippen LogP contribution in [0, 0.1) is 5.41 Å². The van der Waals surface area contributed by atoms with Crippen LogP contribution in [0.1, 0.15) is 24.2 Å². The third-order valence-electron chi connectivity index (χ3n) is 4.34. The van der Waals surface area contributed by atoms with Gasteiger partial charge in [-0.1, -0.05) is 17.7 Å². The summed E-state index contributed by atoms with van der Waals surface area (Å²) in [4.78, 5) is 25.2. The fourth-order valence-electron chi connectivity index (χ4n) is 3.01. The summed E-state index contributed by atoms with van der Waals surface area (Å²) < 4.78 is 30.9. The lowest BCUT2D eigenvalue weighted by Crippen LogP contribution is -2.33. The zero-order chi connectivity index (χ0) is 20.7. The first kappa shape index (κ1) is 20.2. The summed E-state index contributed by atoms with van der Waals surface area (Å²) in [7, 11) is -2.34. The van der Waals surface area contributed by atoms with Gasteiger partial charge in [-0.25, -0.2) is 12.7 Å². The molecule has 0 spiro atoms. The average Bonchev–Trinajstić information content (AvgIpc) is 2.78. The number of benzene rings is 2. The second-order valence-electron chi connectivity index (χ2n) is 7.06. The van der Waals surface area contributed by atoms with Gasteiger partial charge in [-0.2, -0.15) is 0 Å². The molecule has 2 aromatic carbocycles. The van der Waals surface area contributed by atoms with E-state index in [0.29, 0.717) is 16.5 Å². The molecule has 0 atom stereocenters. The van der Waals surface area contributed by atoms with E-state index in [1.54, 1.807) is 32.0 Å². The van der Waals surface area contributed by atoms with Crippen molar-refractivity contribution in [2.75, 3.05) is 22.5 Å². The maximum absolute atomic E-state index is 12.7. The van der Waals surface area contributed by atoms with Gasteiger partial charge in [0.1, 0.15) is 5.75 Å². The number of carbonyl (C=O) groups is 2. The molecule has 1 heterocycles. The van der Waals surface area contributed by atoms with E-state index in [2.05, 4.69) is 5.32 Å². The van der Waals surface area contributed by atoms with Gasteiger partial charge in [-0.3, -0.25) is 9.59 Å². The predicted molar refractivity (Wildman–Crippen MR) is 107 cm³/mol. The van der Waals surface area contributed by atoms with Crippen LogP contribution in [0.15, 0.2) is 42.5 Å². The highest BCUT2D eigenvalue weighted by atomic mass is 35.5. The van der Waals surface area contributed by atoms with Crippen LogP contribution < -0.4 is 14.4 Å². The van der Waals surface area contributed by atoms with Gasteiger partial charge < -0.3 is 10.1 Å². The maximum atomic E-state index is 12.7. The first-order chi connectivity index (χ1) is 13.0. The van der Waals surface area contributed by atoms with Crippen LogP contribution in [0.5, 0.6) is 5.75 Å². The Bertz CT molecular complexity index is 1070. The molecule has 1 fully saturated rings. The molecule has 28 heavy (non-hydrogen) atoms. The summed E-state index contributed by atoms with van der Waals surface area (Å²) in [5.74, 6) is -0.880. The number of carbonyl (C=O) groups excluding carboxylic acids is 2. The molecule has 0 radical (unpaired) electrons. The van der Waals surface area contributed by atoms with Crippen LogP contribution in [0.25, 0.3) is 0 Å². The minimum Gasteiger partial charge on any atom is -0.495 e. The smallest absolute Gasteiger partial charge is 0.255 e. The number of methoxy groups -OCH3 is 1. The van der Waals surface area contributed by atoms with Crippen LogP contribution in [0.2, 0.25) is 5.02 Å². The van der Waals surface area contributed by atoms with Crippen molar-refractivity contribution in [3.63, 3.8) is 0 Å². The monoisotopic (exact) mass is 422 g/mol. The highest BCUT2D eigenvalue weighted by molar-refractivity contribution is 7.94. The van der Waals surface area contributed by atoms with Gasteiger partial charge in [0.2, 0.25) is 15.9 Å². The van der Waals surface area contributed by atoms with Crippen molar-refractivity contribution in [1.82, 2.24) is 0 Å². The SMILES string of the molecule is COc1ccc(Cl)cc1NC(=O)c1cccc(N2C(=O)C(C)(C)CS2(=O)=O)c1. The minimum atomic E-state index is -3.80. The number of hydrogen-bond donors (Lipinski definition) is 1. The Morgan fingerprint density at radius 3 is 2.54 bits per heavy atom. The highest BCUT2D eigenvalue weighted by Gasteiger charge is 2.49. The van der Waals surface area contributed by atoms with Crippen molar-refractivity contribution >= 4 is 44.8 Å². The fourth-order valence-corrected chi connectivity index (χ4v) is 5.28. The predicted octanol–water partition coefficient (Wildman–Crippen LogP) is 3.30. The Kier molecular flexibility index (Phi) is 5.12. The standard InChI is InChI=1S/C19H19ClN2O5S/c1-19(2)11-28(25,26)22(18(19)24)14-6-4-5-12(9-14)17(23)21-15-10-13(20)7-8-16(15)27-3/h4-10H,11H2,1-3H3,(H,21,23). The lowest BCUT2D eigenvalue weighted by atomic mass is 9.95. The molecule has 7 nitrogen and oxygen atoms in total. The van der Waals surface area contributed by atoms with Gasteiger partial charge in [0, 0.05) is 10.6 Å². The lowest BCUT2D eigenvalue weighted by molar-refractivity contribution is -0.123. The summed E-state index contributed by atoms with van der Waals surface area (Å²) in [5.41, 5.74) is -0.337. The number of rotatable bonds is 4. The van der Waals surface area contributed by atoms with Gasteiger partial charge in [0.15, 0.2) is 0 Å². The third kappa shape index (κ3) is 3.70. The molecule has 0 saturated carbocycles. The van der Waals surface area contributed by atoms with Gasteiger partial charge in [0.05, 0.1) is 29.7 Å². The number of hydrogen-bond acceptors (Lipinski definition) is 5. The van der Waals surface area contributed by atoms with Crippen molar-refractivity contribution in [1.29, 1.82) is 0 Å². The number of nitrogens with one attached hydrogen (secondary N) is 1. The van der Waals surface area contributed by atoms with Gasteiger partial charge in [0.25, 0.3) is 5.91 Å². The first-order valence-electron chi connectivity index (χ1n) is 8.37. The Hall–Kier alpha value is -2.58. The number of nitrogens with zero attached hydrogens (tertiary/aromatic N) is 1. The summed E-state index contributed by atoms with van der Waals surface area (Å²) >= 11 is 5.97. The van der Waals surface area contributed by atoms with E-state index in [4.69, 9.17) is 16.3 Å². The molecule has 1 aliphatic rings. The van der Waals surface area contributed by atoms with Crippen LogP contribution in [-0.4, -0.2) is 33.1 Å². The molecule has 2 amide bonds. The van der Waals surface area contributed by atoms with Crippen LogP contribution in [0.4, 0.5) is 11.4 Å². The van der Waals surface area contributed by atoms with Gasteiger partial charge in [-0.05, 0) is 50.2 Å². The number of sulfonamides is 1. The topological polar surface area (TPSA) is 92.8 Å². The zero-order valence-corrected chi connectivity index (χ0v) is 17.1. The van der Waals surface area contributed by atoms with Gasteiger partial charge >= 0.3 is 0 Å². The molecule has 0 bridgehead atoms. The van der Waals surface area contributed by atoms with Crippen molar-refractivity contribution in [2.45, 2.75) is 13.8 Å². The number of ether oxygens (including phenoxy) is 1. The molecule has 0 unspecified atom stereocenters. The van der Waals surface area contributed by atoms with Gasteiger partial charge in [-0.15, -0.1) is 0 Å². The number of halogens is 1. The Morgan fingerprint density at radius 1 is 1.21 bits per heavy atom. The van der Waals surface area contributed by atoms with E-state index in [1.807, 2.05) is 0 Å². The Morgan fingerprint density at radius 2 is 1.93 bits per heavy atom. The normalized spacial score (nSPS) is 17.4. The summed E-state index contributed by atoms with van der Waals surface area (Å²) in [6, 6.07) is 10.7. The highest BCUT2D eigenvalue weighted by Crippen LogP contribution is 2.36. The fraction of sp³-hybridized carbons (Fsp3) is 0.263. The van der Waals surface area contributed by atoms with Crippen LogP contribution in [0.3, 0.4) is 0 Å². The molecule has 148 valence electrons. The van der Waals surface area contributed by atoms with Crippen molar-refractivity contribution < 1.29 is 22.7 Å². The molecule has 0 aromatic heterocycles. The molecule has 1 aliphatic heterocycles. The van der Waals surface area contributed by atoms with Crippen molar-refractivity contribution in [3.8, 4) is 5.75 Å². The summed E-state index contributed by atoms with van der Waals surface area (Å²) in [6.45, 7) is 3.16. The molecule has 0 aliphatic carbocycles. The summed E-state index contributed by atoms with van der Waals surface area (Å²) in [6.07, 6.45) is 0. The molecule has 3 rings (SSSR count). The Labute approximate surface area is 168 Å². The number of anilines is 2. The van der Waals surface area contributed by atoms with E-state index >= 15 is 0 Å². The zero-order valence-electron chi connectivity index (χ0n) is 15.5. The Balaban J connectivity index is 1.93. The maximum Gasteiger partial charge on any atom is 0.255 e. The average molecular weight is 423 g/mol. The largest absolute Gasteiger partial charge is 0.495 e. The van der Waals surface area contributed by atoms with E-state index in [1.165, 1.54) is 31.4 Å². The molecule has 1 N–H and O–H groups in total. The molecule has 1 saturated heterocycles. The number of amides is 2. The van der Waals surface area contributed by atoms with E-state index in [-0.39, 0.29) is 17.0 Å². The van der Waals surface area contributed by atoms with Crippen LogP contribution in [-0.2, 0) is 14.8 Å². The van der Waals surface area contributed by atoms with Crippen LogP contribution >= 0.6 is 11.6 Å². The van der Waals surface area contributed by atoms with E-state index in [0.717, 1.165) is 4.31 Å². The quantitative estimate of drug-likeness (QED) is 0.815.